The Morgan fingerprint density at radius 3 is 2.53 bits per heavy atom. The second kappa shape index (κ2) is 6.37. The summed E-state index contributed by atoms with van der Waals surface area (Å²) in [4.78, 5) is 0.408. The fourth-order valence-corrected chi connectivity index (χ4v) is 5.02. The van der Waals surface area contributed by atoms with Crippen LogP contribution in [-0.4, -0.2) is 30.6 Å². The second-order valence-corrected chi connectivity index (χ2v) is 7.62. The molecule has 5 heteroatoms. The molecule has 1 fully saturated rings. The summed E-state index contributed by atoms with van der Waals surface area (Å²) < 4.78 is 27.1. The molecule has 1 aromatic rings. The van der Waals surface area contributed by atoms with Gasteiger partial charge in [-0.25, -0.2) is 8.42 Å². The smallest absolute Gasteiger partial charge is 0.207 e. The van der Waals surface area contributed by atoms with Gasteiger partial charge in [0.1, 0.15) is 0 Å². The van der Waals surface area contributed by atoms with Crippen molar-refractivity contribution in [3.8, 4) is 0 Å². The summed E-state index contributed by atoms with van der Waals surface area (Å²) in [7, 11) is -3.36. The summed E-state index contributed by atoms with van der Waals surface area (Å²) in [6.45, 7) is 2.59. The predicted molar refractivity (Wildman–Crippen MR) is 81.1 cm³/mol. The van der Waals surface area contributed by atoms with Crippen LogP contribution in [0.4, 0.5) is 0 Å². The highest BCUT2D eigenvalue weighted by Crippen LogP contribution is 2.25. The molecule has 3 nitrogen and oxygen atoms in total. The van der Waals surface area contributed by atoms with E-state index in [1.54, 1.807) is 16.4 Å². The van der Waals surface area contributed by atoms with E-state index < -0.39 is 10.0 Å². The fourth-order valence-electron chi connectivity index (χ4n) is 2.47. The largest absolute Gasteiger partial charge is 0.243 e. The number of hydrogen-bond acceptors (Lipinski definition) is 2. The molecule has 0 saturated carbocycles. The van der Waals surface area contributed by atoms with Crippen LogP contribution in [0.1, 0.15) is 31.2 Å². The summed E-state index contributed by atoms with van der Waals surface area (Å²) in [5, 5.41) is 0.706. The van der Waals surface area contributed by atoms with Crippen LogP contribution in [0.15, 0.2) is 29.2 Å². The minimum absolute atomic E-state index is 0.0776. The molecule has 0 radical (unpaired) electrons. The molecule has 0 bridgehead atoms. The monoisotopic (exact) mass is 345 g/mol. The highest BCUT2D eigenvalue weighted by Gasteiger charge is 2.31. The summed E-state index contributed by atoms with van der Waals surface area (Å²) in [6, 6.07) is 7.21. The van der Waals surface area contributed by atoms with Crippen LogP contribution in [0.3, 0.4) is 0 Å². The molecule has 0 aliphatic carbocycles. The lowest BCUT2D eigenvalue weighted by Gasteiger charge is -2.27. The molecule has 1 aliphatic rings. The van der Waals surface area contributed by atoms with Crippen LogP contribution < -0.4 is 0 Å². The number of benzene rings is 1. The van der Waals surface area contributed by atoms with Crippen LogP contribution in [0.2, 0.25) is 0 Å². The van der Waals surface area contributed by atoms with Gasteiger partial charge in [0.25, 0.3) is 0 Å². The van der Waals surface area contributed by atoms with E-state index in [2.05, 4.69) is 15.9 Å². The van der Waals surface area contributed by atoms with Gasteiger partial charge in [0.05, 0.1) is 4.90 Å². The van der Waals surface area contributed by atoms with Crippen molar-refractivity contribution in [3.05, 3.63) is 29.8 Å². The maximum absolute atomic E-state index is 12.7. The molecule has 19 heavy (non-hydrogen) atoms. The molecule has 0 spiro atoms. The number of halogens is 1. The first-order valence-corrected chi connectivity index (χ1v) is 9.26. The second-order valence-electron chi connectivity index (χ2n) is 5.09. The SMILES string of the molecule is Cc1ccc(S(=O)(=O)N2CCCCCC2CBr)cc1. The number of rotatable bonds is 3. The van der Waals surface area contributed by atoms with E-state index in [9.17, 15) is 8.42 Å². The van der Waals surface area contributed by atoms with E-state index in [0.717, 1.165) is 31.2 Å². The van der Waals surface area contributed by atoms with Crippen LogP contribution in [0.5, 0.6) is 0 Å². The molecule has 0 amide bonds. The standard InChI is InChI=1S/C14H20BrNO2S/c1-12-6-8-14(9-7-12)19(17,18)16-10-4-2-3-5-13(16)11-15/h6-9,13H,2-5,10-11H2,1H3. The highest BCUT2D eigenvalue weighted by molar-refractivity contribution is 9.09. The minimum Gasteiger partial charge on any atom is -0.207 e. The van der Waals surface area contributed by atoms with Crippen molar-refractivity contribution in [2.45, 2.75) is 43.5 Å². The lowest BCUT2D eigenvalue weighted by Crippen LogP contribution is -2.40. The van der Waals surface area contributed by atoms with Crippen LogP contribution in [-0.2, 0) is 10.0 Å². The van der Waals surface area contributed by atoms with Crippen molar-refractivity contribution in [1.82, 2.24) is 4.31 Å². The van der Waals surface area contributed by atoms with Crippen molar-refractivity contribution in [2.24, 2.45) is 0 Å². The first kappa shape index (κ1) is 15.0. The van der Waals surface area contributed by atoms with Crippen LogP contribution >= 0.6 is 15.9 Å². The van der Waals surface area contributed by atoms with E-state index in [1.165, 1.54) is 0 Å². The molecule has 0 N–H and O–H groups in total. The molecule has 0 aromatic heterocycles. The number of hydrogen-bond donors (Lipinski definition) is 0. The third kappa shape index (κ3) is 3.38. The molecular formula is C14H20BrNO2S. The van der Waals surface area contributed by atoms with Gasteiger partial charge in [0.15, 0.2) is 0 Å². The number of nitrogens with zero attached hydrogens (tertiary/aromatic N) is 1. The van der Waals surface area contributed by atoms with Crippen molar-refractivity contribution in [1.29, 1.82) is 0 Å². The molecule has 1 aliphatic heterocycles. The van der Waals surface area contributed by atoms with Gasteiger partial charge in [-0.3, -0.25) is 0 Å². The van der Waals surface area contributed by atoms with E-state index >= 15 is 0 Å². The summed E-state index contributed by atoms with van der Waals surface area (Å²) in [5.74, 6) is 0. The Morgan fingerprint density at radius 1 is 1.21 bits per heavy atom. The van der Waals surface area contributed by atoms with Gasteiger partial charge >= 0.3 is 0 Å². The van der Waals surface area contributed by atoms with E-state index in [4.69, 9.17) is 0 Å². The zero-order valence-electron chi connectivity index (χ0n) is 11.2. The number of alkyl halides is 1. The summed E-state index contributed by atoms with van der Waals surface area (Å²) in [6.07, 6.45) is 4.12. The molecule has 2 rings (SSSR count). The summed E-state index contributed by atoms with van der Waals surface area (Å²) in [5.41, 5.74) is 1.08. The van der Waals surface area contributed by atoms with Gasteiger partial charge in [-0.1, -0.05) is 46.5 Å². The Hall–Kier alpha value is -0.390. The Bertz CT molecular complexity index is 513. The summed E-state index contributed by atoms with van der Waals surface area (Å²) >= 11 is 3.46. The number of sulfonamides is 1. The van der Waals surface area contributed by atoms with Crippen molar-refractivity contribution < 1.29 is 8.42 Å². The highest BCUT2D eigenvalue weighted by atomic mass is 79.9. The molecule has 1 saturated heterocycles. The zero-order chi connectivity index (χ0) is 13.9. The topological polar surface area (TPSA) is 37.4 Å². The van der Waals surface area contributed by atoms with Gasteiger partial charge < -0.3 is 0 Å². The number of aryl methyl sites for hydroxylation is 1. The average molecular weight is 346 g/mol. The van der Waals surface area contributed by atoms with Gasteiger partial charge in [0, 0.05) is 17.9 Å². The fraction of sp³-hybridized carbons (Fsp3) is 0.571. The van der Waals surface area contributed by atoms with E-state index in [0.29, 0.717) is 16.8 Å². The Morgan fingerprint density at radius 2 is 1.89 bits per heavy atom. The van der Waals surface area contributed by atoms with Gasteiger partial charge in [-0.15, -0.1) is 0 Å². The maximum atomic E-state index is 12.7. The molecule has 1 atom stereocenters. The van der Waals surface area contributed by atoms with Crippen LogP contribution in [0.25, 0.3) is 0 Å². The third-order valence-electron chi connectivity index (χ3n) is 3.63. The molecule has 1 unspecified atom stereocenters. The van der Waals surface area contributed by atoms with Gasteiger partial charge in [-0.2, -0.15) is 4.31 Å². The molecule has 1 heterocycles. The lowest BCUT2D eigenvalue weighted by atomic mass is 10.1. The van der Waals surface area contributed by atoms with Crippen molar-refractivity contribution in [2.75, 3.05) is 11.9 Å². The third-order valence-corrected chi connectivity index (χ3v) is 6.34. The quantitative estimate of drug-likeness (QED) is 0.788. The molecule has 1 aromatic carbocycles. The predicted octanol–water partition coefficient (Wildman–Crippen LogP) is 3.32. The van der Waals surface area contributed by atoms with Gasteiger partial charge in [-0.05, 0) is 31.9 Å². The Labute approximate surface area is 124 Å². The zero-order valence-corrected chi connectivity index (χ0v) is 13.6. The minimum atomic E-state index is -3.36. The Balaban J connectivity index is 2.33. The van der Waals surface area contributed by atoms with E-state index in [1.807, 2.05) is 19.1 Å². The normalized spacial score (nSPS) is 22.1. The first-order valence-electron chi connectivity index (χ1n) is 6.70. The molecule has 106 valence electrons. The van der Waals surface area contributed by atoms with Gasteiger partial charge in [0.2, 0.25) is 10.0 Å². The molecular weight excluding hydrogens is 326 g/mol. The first-order chi connectivity index (χ1) is 9.05. The van der Waals surface area contributed by atoms with E-state index in [-0.39, 0.29) is 6.04 Å². The average Bonchev–Trinajstić information content (AvgIpc) is 2.64. The van der Waals surface area contributed by atoms with Crippen molar-refractivity contribution >= 4 is 26.0 Å². The van der Waals surface area contributed by atoms with Crippen LogP contribution in [0, 0.1) is 6.92 Å². The Kier molecular flexibility index (Phi) is 5.03. The maximum Gasteiger partial charge on any atom is 0.243 e. The lowest BCUT2D eigenvalue weighted by molar-refractivity contribution is 0.347. The van der Waals surface area contributed by atoms with Crippen molar-refractivity contribution in [3.63, 3.8) is 0 Å².